The number of hydrogen-bond donors (Lipinski definition) is 2. The van der Waals surface area contributed by atoms with E-state index in [0.29, 0.717) is 18.7 Å². The van der Waals surface area contributed by atoms with Crippen LogP contribution in [0.4, 0.5) is 5.69 Å². The summed E-state index contributed by atoms with van der Waals surface area (Å²) in [6.07, 6.45) is 0.536. The van der Waals surface area contributed by atoms with Gasteiger partial charge in [0, 0.05) is 6.61 Å². The highest BCUT2D eigenvalue weighted by atomic mass is 16.5. The van der Waals surface area contributed by atoms with Gasteiger partial charge in [-0.15, -0.1) is 0 Å². The molecule has 0 radical (unpaired) electrons. The molecule has 1 aliphatic heterocycles. The molecule has 0 bridgehead atoms. The molecule has 1 aromatic carbocycles. The average molecular weight is 277 g/mol. The molecule has 0 spiro atoms. The van der Waals surface area contributed by atoms with Crippen LogP contribution < -0.4 is 5.32 Å². The molecule has 2 N–H and O–H groups in total. The molecule has 1 heterocycles. The second kappa shape index (κ2) is 5.63. The quantitative estimate of drug-likeness (QED) is 0.889. The summed E-state index contributed by atoms with van der Waals surface area (Å²) in [5, 5.41) is 12.0. The standard InChI is InChI=1S/C15H19NO4/c1-8-6-9(2)13(12(7-8)15(18)19)16-14(17)11-4-5-20-10(11)3/h6-7,10-11H,4-5H2,1-3H3,(H,16,17)(H,18,19). The Hall–Kier alpha value is -1.88. The highest BCUT2D eigenvalue weighted by molar-refractivity contribution is 6.02. The summed E-state index contributed by atoms with van der Waals surface area (Å²) in [7, 11) is 0. The molecule has 1 amide bonds. The molecule has 2 unspecified atom stereocenters. The third kappa shape index (κ3) is 2.82. The molecule has 20 heavy (non-hydrogen) atoms. The SMILES string of the molecule is Cc1cc(C)c(NC(=O)C2CCOC2C)c(C(=O)O)c1. The zero-order valence-electron chi connectivity index (χ0n) is 11.9. The second-order valence-corrected chi connectivity index (χ2v) is 5.27. The summed E-state index contributed by atoms with van der Waals surface area (Å²) in [5.74, 6) is -1.44. The molecule has 1 aromatic rings. The van der Waals surface area contributed by atoms with Crippen molar-refractivity contribution in [3.05, 3.63) is 28.8 Å². The molecule has 0 aromatic heterocycles. The van der Waals surface area contributed by atoms with Gasteiger partial charge in [-0.05, 0) is 44.4 Å². The van der Waals surface area contributed by atoms with E-state index in [1.807, 2.05) is 19.9 Å². The van der Waals surface area contributed by atoms with Crippen molar-refractivity contribution in [2.24, 2.45) is 5.92 Å². The molecule has 2 rings (SSSR count). The first-order valence-electron chi connectivity index (χ1n) is 6.67. The van der Waals surface area contributed by atoms with Gasteiger partial charge in [-0.25, -0.2) is 4.79 Å². The topological polar surface area (TPSA) is 75.6 Å². The fourth-order valence-electron chi connectivity index (χ4n) is 2.59. The molecular weight excluding hydrogens is 258 g/mol. The summed E-state index contributed by atoms with van der Waals surface area (Å²) < 4.78 is 5.37. The molecule has 1 fully saturated rings. The molecule has 5 heteroatoms. The lowest BCUT2D eigenvalue weighted by atomic mass is 9.99. The Labute approximate surface area is 117 Å². The molecule has 2 atom stereocenters. The molecule has 1 saturated heterocycles. The number of carbonyl (C=O) groups is 2. The van der Waals surface area contributed by atoms with Crippen molar-refractivity contribution in [1.82, 2.24) is 0 Å². The zero-order chi connectivity index (χ0) is 14.9. The van der Waals surface area contributed by atoms with Crippen LogP contribution in [-0.4, -0.2) is 29.7 Å². The van der Waals surface area contributed by atoms with E-state index in [0.717, 1.165) is 11.1 Å². The summed E-state index contributed by atoms with van der Waals surface area (Å²) in [6.45, 7) is 6.05. The van der Waals surface area contributed by atoms with Crippen molar-refractivity contribution >= 4 is 17.6 Å². The van der Waals surface area contributed by atoms with E-state index in [4.69, 9.17) is 4.74 Å². The average Bonchev–Trinajstić information content (AvgIpc) is 2.78. The van der Waals surface area contributed by atoms with Crippen molar-refractivity contribution in [3.63, 3.8) is 0 Å². The van der Waals surface area contributed by atoms with Gasteiger partial charge in [0.25, 0.3) is 0 Å². The normalized spacial score (nSPS) is 21.8. The highest BCUT2D eigenvalue weighted by Gasteiger charge is 2.31. The molecule has 108 valence electrons. The van der Waals surface area contributed by atoms with Crippen molar-refractivity contribution in [2.45, 2.75) is 33.3 Å². The van der Waals surface area contributed by atoms with E-state index in [9.17, 15) is 14.7 Å². The first-order chi connectivity index (χ1) is 9.40. The van der Waals surface area contributed by atoms with Crippen molar-refractivity contribution < 1.29 is 19.4 Å². The van der Waals surface area contributed by atoms with Crippen LogP contribution in [0.3, 0.4) is 0 Å². The Kier molecular flexibility index (Phi) is 4.09. The van der Waals surface area contributed by atoms with E-state index >= 15 is 0 Å². The third-order valence-electron chi connectivity index (χ3n) is 3.67. The van der Waals surface area contributed by atoms with Gasteiger partial charge in [0.05, 0.1) is 23.3 Å². The molecule has 1 aliphatic rings. The number of rotatable bonds is 3. The number of carbonyl (C=O) groups excluding carboxylic acids is 1. The smallest absolute Gasteiger partial charge is 0.337 e. The van der Waals surface area contributed by atoms with Gasteiger partial charge in [0.2, 0.25) is 5.91 Å². The highest BCUT2D eigenvalue weighted by Crippen LogP contribution is 2.26. The molecule has 0 saturated carbocycles. The molecule has 5 nitrogen and oxygen atoms in total. The fraction of sp³-hybridized carbons (Fsp3) is 0.467. The number of carboxylic acids is 1. The maximum Gasteiger partial charge on any atom is 0.337 e. The van der Waals surface area contributed by atoms with Crippen LogP contribution in [0.2, 0.25) is 0 Å². The van der Waals surface area contributed by atoms with Crippen LogP contribution in [0, 0.1) is 19.8 Å². The Balaban J connectivity index is 2.29. The van der Waals surface area contributed by atoms with E-state index in [2.05, 4.69) is 5.32 Å². The van der Waals surface area contributed by atoms with Crippen LogP contribution in [0.5, 0.6) is 0 Å². The summed E-state index contributed by atoms with van der Waals surface area (Å²) in [6, 6.07) is 3.43. The number of aryl methyl sites for hydroxylation is 2. The lowest BCUT2D eigenvalue weighted by Crippen LogP contribution is -2.28. The third-order valence-corrected chi connectivity index (χ3v) is 3.67. The summed E-state index contributed by atoms with van der Waals surface area (Å²) >= 11 is 0. The summed E-state index contributed by atoms with van der Waals surface area (Å²) in [4.78, 5) is 23.6. The minimum Gasteiger partial charge on any atom is -0.478 e. The van der Waals surface area contributed by atoms with Gasteiger partial charge in [-0.1, -0.05) is 6.07 Å². The molecule has 0 aliphatic carbocycles. The van der Waals surface area contributed by atoms with Crippen LogP contribution in [0.15, 0.2) is 12.1 Å². The van der Waals surface area contributed by atoms with Crippen LogP contribution in [-0.2, 0) is 9.53 Å². The van der Waals surface area contributed by atoms with E-state index in [1.54, 1.807) is 13.0 Å². The number of anilines is 1. The maximum atomic E-state index is 12.3. The summed E-state index contributed by atoms with van der Waals surface area (Å²) in [5.41, 5.74) is 2.12. The Morgan fingerprint density at radius 3 is 2.60 bits per heavy atom. The fourth-order valence-corrected chi connectivity index (χ4v) is 2.59. The van der Waals surface area contributed by atoms with Gasteiger partial charge in [0.15, 0.2) is 0 Å². The van der Waals surface area contributed by atoms with Crippen LogP contribution in [0.1, 0.15) is 34.8 Å². The largest absolute Gasteiger partial charge is 0.478 e. The van der Waals surface area contributed by atoms with Crippen LogP contribution >= 0.6 is 0 Å². The Morgan fingerprint density at radius 2 is 2.05 bits per heavy atom. The van der Waals surface area contributed by atoms with Crippen molar-refractivity contribution in [3.8, 4) is 0 Å². The number of benzene rings is 1. The second-order valence-electron chi connectivity index (χ2n) is 5.27. The van der Waals surface area contributed by atoms with E-state index < -0.39 is 5.97 Å². The first-order valence-corrected chi connectivity index (χ1v) is 6.67. The predicted molar refractivity (Wildman–Crippen MR) is 75.0 cm³/mol. The monoisotopic (exact) mass is 277 g/mol. The van der Waals surface area contributed by atoms with E-state index in [1.165, 1.54) is 0 Å². The number of amides is 1. The van der Waals surface area contributed by atoms with Gasteiger partial charge in [-0.2, -0.15) is 0 Å². The zero-order valence-corrected chi connectivity index (χ0v) is 11.9. The number of ether oxygens (including phenoxy) is 1. The van der Waals surface area contributed by atoms with Gasteiger partial charge < -0.3 is 15.2 Å². The van der Waals surface area contributed by atoms with Gasteiger partial charge in [0.1, 0.15) is 0 Å². The van der Waals surface area contributed by atoms with Gasteiger partial charge >= 0.3 is 5.97 Å². The van der Waals surface area contributed by atoms with Crippen molar-refractivity contribution in [2.75, 3.05) is 11.9 Å². The molecular formula is C15H19NO4. The number of carboxylic acid groups (broad SMARTS) is 1. The maximum absolute atomic E-state index is 12.3. The first kappa shape index (κ1) is 14.5. The van der Waals surface area contributed by atoms with Gasteiger partial charge in [-0.3, -0.25) is 4.79 Å². The van der Waals surface area contributed by atoms with E-state index in [-0.39, 0.29) is 23.5 Å². The number of nitrogens with one attached hydrogen (secondary N) is 1. The van der Waals surface area contributed by atoms with Crippen molar-refractivity contribution in [1.29, 1.82) is 0 Å². The number of aromatic carboxylic acids is 1. The van der Waals surface area contributed by atoms with Crippen LogP contribution in [0.25, 0.3) is 0 Å². The Bertz CT molecular complexity index is 553. The minimum absolute atomic E-state index is 0.127. The lowest BCUT2D eigenvalue weighted by Gasteiger charge is -2.17. The predicted octanol–water partition coefficient (Wildman–Crippen LogP) is 2.37. The number of hydrogen-bond acceptors (Lipinski definition) is 3. The minimum atomic E-state index is -1.04. The Morgan fingerprint density at radius 1 is 1.35 bits per heavy atom. The lowest BCUT2D eigenvalue weighted by molar-refractivity contribution is -0.121.